The molecule has 1 aliphatic rings. The average molecular weight is 273 g/mol. The first-order valence-corrected chi connectivity index (χ1v) is 6.43. The van der Waals surface area contributed by atoms with Crippen LogP contribution in [0.15, 0.2) is 24.3 Å². The summed E-state index contributed by atoms with van der Waals surface area (Å²) in [6.07, 6.45) is -4.05. The third-order valence-electron chi connectivity index (χ3n) is 3.48. The highest BCUT2D eigenvalue weighted by atomic mass is 19.4. The minimum Gasteiger partial charge on any atom is -0.373 e. The van der Waals surface area contributed by atoms with Crippen LogP contribution in [0.5, 0.6) is 0 Å². The maximum atomic E-state index is 12.5. The zero-order chi connectivity index (χ0) is 13.9. The Morgan fingerprint density at radius 2 is 2.11 bits per heavy atom. The molecule has 1 N–H and O–H groups in total. The number of halogens is 3. The zero-order valence-corrected chi connectivity index (χ0v) is 10.8. The Hall–Kier alpha value is -1.07. The first-order chi connectivity index (χ1) is 8.99. The fourth-order valence-electron chi connectivity index (χ4n) is 2.51. The van der Waals surface area contributed by atoms with Crippen LogP contribution in [0, 0.1) is 0 Å². The predicted octanol–water partition coefficient (Wildman–Crippen LogP) is 3.23. The van der Waals surface area contributed by atoms with E-state index in [0.717, 1.165) is 12.0 Å². The maximum absolute atomic E-state index is 12.5. The van der Waals surface area contributed by atoms with Crippen LogP contribution in [0.3, 0.4) is 0 Å². The van der Waals surface area contributed by atoms with E-state index in [9.17, 15) is 13.2 Å². The van der Waals surface area contributed by atoms with E-state index >= 15 is 0 Å². The second-order valence-corrected chi connectivity index (χ2v) is 4.85. The van der Waals surface area contributed by atoms with E-state index < -0.39 is 18.6 Å². The summed E-state index contributed by atoms with van der Waals surface area (Å²) >= 11 is 0. The lowest BCUT2D eigenvalue weighted by Gasteiger charge is -2.29. The van der Waals surface area contributed by atoms with Crippen LogP contribution in [-0.4, -0.2) is 25.9 Å². The summed E-state index contributed by atoms with van der Waals surface area (Å²) in [5.41, 5.74) is 2.21. The fourth-order valence-corrected chi connectivity index (χ4v) is 2.51. The summed E-state index contributed by atoms with van der Waals surface area (Å²) in [5, 5.41) is 2.74. The molecule has 2 atom stereocenters. The highest BCUT2D eigenvalue weighted by molar-refractivity contribution is 5.31. The van der Waals surface area contributed by atoms with E-state index in [0.29, 0.717) is 13.0 Å². The van der Waals surface area contributed by atoms with E-state index in [1.54, 1.807) is 7.05 Å². The van der Waals surface area contributed by atoms with E-state index in [4.69, 9.17) is 4.74 Å². The number of hydrogen-bond donors (Lipinski definition) is 1. The Morgan fingerprint density at radius 3 is 2.79 bits per heavy atom. The molecule has 1 aromatic rings. The van der Waals surface area contributed by atoms with Gasteiger partial charge in [0.25, 0.3) is 0 Å². The molecule has 1 heterocycles. The maximum Gasteiger partial charge on any atom is 0.390 e. The van der Waals surface area contributed by atoms with Crippen molar-refractivity contribution < 1.29 is 17.9 Å². The molecule has 0 radical (unpaired) electrons. The van der Waals surface area contributed by atoms with Crippen molar-refractivity contribution in [3.05, 3.63) is 35.4 Å². The number of hydrogen-bond acceptors (Lipinski definition) is 2. The third-order valence-corrected chi connectivity index (χ3v) is 3.48. The van der Waals surface area contributed by atoms with Crippen molar-refractivity contribution in [2.24, 2.45) is 0 Å². The van der Waals surface area contributed by atoms with Gasteiger partial charge in [-0.3, -0.25) is 0 Å². The van der Waals surface area contributed by atoms with Gasteiger partial charge in [-0.05, 0) is 31.0 Å². The molecule has 0 aliphatic carbocycles. The molecule has 106 valence electrons. The molecular formula is C14H18F3NO. The van der Waals surface area contributed by atoms with Crippen LogP contribution in [0.2, 0.25) is 0 Å². The lowest BCUT2D eigenvalue weighted by molar-refractivity contribution is -0.142. The van der Waals surface area contributed by atoms with Crippen LogP contribution >= 0.6 is 0 Å². The van der Waals surface area contributed by atoms with Crippen molar-refractivity contribution in [1.82, 2.24) is 5.32 Å². The van der Waals surface area contributed by atoms with Gasteiger partial charge in [0.05, 0.1) is 19.1 Å². The number of nitrogens with one attached hydrogen (secondary N) is 1. The topological polar surface area (TPSA) is 21.3 Å². The number of ether oxygens (including phenoxy) is 1. The van der Waals surface area contributed by atoms with Gasteiger partial charge in [0.2, 0.25) is 0 Å². The Kier molecular flexibility index (Phi) is 4.47. The molecule has 5 heteroatoms. The van der Waals surface area contributed by atoms with Gasteiger partial charge in [-0.15, -0.1) is 0 Å². The third kappa shape index (κ3) is 3.94. The second-order valence-electron chi connectivity index (χ2n) is 4.85. The van der Waals surface area contributed by atoms with E-state index in [1.165, 1.54) is 5.56 Å². The highest BCUT2D eigenvalue weighted by Gasteiger charge is 2.33. The van der Waals surface area contributed by atoms with Gasteiger partial charge in [-0.1, -0.05) is 24.3 Å². The lowest BCUT2D eigenvalue weighted by Crippen LogP contribution is -2.34. The number of fused-ring (bicyclic) bond motifs is 1. The number of alkyl halides is 3. The molecule has 0 saturated carbocycles. The molecule has 0 saturated heterocycles. The van der Waals surface area contributed by atoms with Gasteiger partial charge in [-0.25, -0.2) is 0 Å². The van der Waals surface area contributed by atoms with Gasteiger partial charge >= 0.3 is 6.18 Å². The van der Waals surface area contributed by atoms with Crippen molar-refractivity contribution in [1.29, 1.82) is 0 Å². The van der Waals surface area contributed by atoms with E-state index in [-0.39, 0.29) is 6.10 Å². The van der Waals surface area contributed by atoms with Gasteiger partial charge in [0.1, 0.15) is 0 Å². The predicted molar refractivity (Wildman–Crippen MR) is 67.0 cm³/mol. The molecule has 0 aromatic heterocycles. The second kappa shape index (κ2) is 5.92. The van der Waals surface area contributed by atoms with Gasteiger partial charge in [-0.2, -0.15) is 13.2 Å². The standard InChI is InChI=1S/C14H18F3NO/c1-18-11(9-14(15,16)17)8-13-12-5-3-2-4-10(12)6-7-19-13/h2-5,11,13,18H,6-9H2,1H3. The van der Waals surface area contributed by atoms with Crippen molar-refractivity contribution in [3.63, 3.8) is 0 Å². The van der Waals surface area contributed by atoms with E-state index in [2.05, 4.69) is 5.32 Å². The summed E-state index contributed by atoms with van der Waals surface area (Å²) in [6, 6.07) is 7.20. The van der Waals surface area contributed by atoms with Crippen molar-refractivity contribution in [2.75, 3.05) is 13.7 Å². The largest absolute Gasteiger partial charge is 0.390 e. The Morgan fingerprint density at radius 1 is 1.37 bits per heavy atom. The molecule has 0 spiro atoms. The average Bonchev–Trinajstić information content (AvgIpc) is 2.37. The normalized spacial score (nSPS) is 20.9. The molecule has 19 heavy (non-hydrogen) atoms. The molecule has 2 unspecified atom stereocenters. The van der Waals surface area contributed by atoms with Crippen LogP contribution in [-0.2, 0) is 11.2 Å². The zero-order valence-electron chi connectivity index (χ0n) is 10.8. The molecule has 0 bridgehead atoms. The van der Waals surface area contributed by atoms with Crippen molar-refractivity contribution in [3.8, 4) is 0 Å². The highest BCUT2D eigenvalue weighted by Crippen LogP contribution is 2.33. The first-order valence-electron chi connectivity index (χ1n) is 6.43. The van der Waals surface area contributed by atoms with Crippen LogP contribution < -0.4 is 5.32 Å². The monoisotopic (exact) mass is 273 g/mol. The Balaban J connectivity index is 2.07. The summed E-state index contributed by atoms with van der Waals surface area (Å²) in [5.74, 6) is 0. The first kappa shape index (κ1) is 14.3. The number of rotatable bonds is 4. The van der Waals surface area contributed by atoms with Gasteiger partial charge in [0, 0.05) is 6.04 Å². The van der Waals surface area contributed by atoms with Crippen LogP contribution in [0.1, 0.15) is 30.1 Å². The van der Waals surface area contributed by atoms with E-state index in [1.807, 2.05) is 24.3 Å². The van der Waals surface area contributed by atoms with Gasteiger partial charge < -0.3 is 10.1 Å². The van der Waals surface area contributed by atoms with Crippen molar-refractivity contribution in [2.45, 2.75) is 37.6 Å². The van der Waals surface area contributed by atoms with Gasteiger partial charge in [0.15, 0.2) is 0 Å². The summed E-state index contributed by atoms with van der Waals surface area (Å²) in [6.45, 7) is 0.574. The minimum absolute atomic E-state index is 0.246. The lowest BCUT2D eigenvalue weighted by atomic mass is 9.93. The van der Waals surface area contributed by atoms with Crippen LogP contribution in [0.25, 0.3) is 0 Å². The quantitative estimate of drug-likeness (QED) is 0.909. The summed E-state index contributed by atoms with van der Waals surface area (Å²) in [4.78, 5) is 0. The van der Waals surface area contributed by atoms with Crippen LogP contribution in [0.4, 0.5) is 13.2 Å². The molecule has 2 rings (SSSR count). The molecule has 1 aromatic carbocycles. The molecule has 0 amide bonds. The Labute approximate surface area is 111 Å². The van der Waals surface area contributed by atoms with Crippen molar-refractivity contribution >= 4 is 0 Å². The Bertz CT molecular complexity index is 419. The summed E-state index contributed by atoms with van der Waals surface area (Å²) < 4.78 is 43.0. The minimum atomic E-state index is -4.15. The smallest absolute Gasteiger partial charge is 0.373 e. The SMILES string of the molecule is CNC(CC1OCCc2ccccc21)CC(F)(F)F. The summed E-state index contributed by atoms with van der Waals surface area (Å²) in [7, 11) is 1.56. The number of benzene rings is 1. The molecule has 1 aliphatic heterocycles. The fraction of sp³-hybridized carbons (Fsp3) is 0.571. The molecular weight excluding hydrogens is 255 g/mol. The molecule has 0 fully saturated rings. The molecule has 2 nitrogen and oxygen atoms in total.